The monoisotopic (exact) mass is 225 g/mol. The van der Waals surface area contributed by atoms with E-state index in [0.29, 0.717) is 25.3 Å². The number of nitrogens with one attached hydrogen (secondary N) is 1. The highest BCUT2D eigenvalue weighted by Crippen LogP contribution is 2.06. The fourth-order valence-electron chi connectivity index (χ4n) is 1.24. The van der Waals surface area contributed by atoms with Crippen molar-refractivity contribution in [1.82, 2.24) is 9.97 Å². The molecule has 88 valence electrons. The molecule has 0 spiro atoms. The highest BCUT2D eigenvalue weighted by Gasteiger charge is 2.16. The van der Waals surface area contributed by atoms with E-state index in [1.165, 1.54) is 6.33 Å². The summed E-state index contributed by atoms with van der Waals surface area (Å²) in [4.78, 5) is 18.6. The zero-order chi connectivity index (χ0) is 11.8. The van der Waals surface area contributed by atoms with Gasteiger partial charge in [-0.3, -0.25) is 0 Å². The Labute approximate surface area is 93.7 Å². The van der Waals surface area contributed by atoms with Crippen LogP contribution >= 0.6 is 0 Å². The van der Waals surface area contributed by atoms with E-state index in [-0.39, 0.29) is 0 Å². The number of carbonyl (C=O) groups is 1. The molecule has 0 radical (unpaired) electrons. The molecule has 1 aromatic rings. The lowest BCUT2D eigenvalue weighted by atomic mass is 10.1. The fourth-order valence-corrected chi connectivity index (χ4v) is 1.24. The van der Waals surface area contributed by atoms with Crippen LogP contribution in [-0.4, -0.2) is 40.8 Å². The number of anilines is 1. The molecule has 1 atom stereocenters. The third-order valence-corrected chi connectivity index (χ3v) is 2.04. The van der Waals surface area contributed by atoms with Gasteiger partial charge in [0.15, 0.2) is 0 Å². The normalized spacial score (nSPS) is 12.1. The number of hydrogen-bond donors (Lipinski definition) is 2. The molecule has 0 aliphatic heterocycles. The Morgan fingerprint density at radius 2 is 2.50 bits per heavy atom. The number of hydrogen-bond acceptors (Lipinski definition) is 5. The molecule has 2 N–H and O–H groups in total. The number of ether oxygens (including phenoxy) is 1. The van der Waals surface area contributed by atoms with Gasteiger partial charge in [-0.2, -0.15) is 0 Å². The van der Waals surface area contributed by atoms with Gasteiger partial charge in [0.05, 0.1) is 0 Å². The third kappa shape index (κ3) is 4.22. The topological polar surface area (TPSA) is 84.3 Å². The molecule has 0 aromatic carbocycles. The predicted octanol–water partition coefficient (Wildman–Crippen LogP) is 0.768. The first-order chi connectivity index (χ1) is 7.74. The van der Waals surface area contributed by atoms with E-state index >= 15 is 0 Å². The van der Waals surface area contributed by atoms with Crippen molar-refractivity contribution in [3.05, 3.63) is 18.6 Å². The van der Waals surface area contributed by atoms with Crippen LogP contribution in [0, 0.1) is 0 Å². The number of rotatable bonds is 7. The van der Waals surface area contributed by atoms with Gasteiger partial charge in [-0.25, -0.2) is 14.8 Å². The molecule has 1 rings (SSSR count). The highest BCUT2D eigenvalue weighted by molar-refractivity contribution is 5.76. The van der Waals surface area contributed by atoms with Crippen LogP contribution in [0.1, 0.15) is 12.8 Å². The number of aliphatic carboxylic acids is 1. The summed E-state index contributed by atoms with van der Waals surface area (Å²) in [5.41, 5.74) is 0. The lowest BCUT2D eigenvalue weighted by Crippen LogP contribution is -2.29. The van der Waals surface area contributed by atoms with Crippen LogP contribution in [0.15, 0.2) is 18.6 Å². The quantitative estimate of drug-likeness (QED) is 0.667. The van der Waals surface area contributed by atoms with Gasteiger partial charge in [0.25, 0.3) is 0 Å². The van der Waals surface area contributed by atoms with Gasteiger partial charge in [-0.15, -0.1) is 0 Å². The van der Waals surface area contributed by atoms with Gasteiger partial charge >= 0.3 is 5.97 Å². The zero-order valence-electron chi connectivity index (χ0n) is 9.09. The molecule has 0 amide bonds. The van der Waals surface area contributed by atoms with Gasteiger partial charge in [0, 0.05) is 19.9 Å². The van der Waals surface area contributed by atoms with Gasteiger partial charge in [0.2, 0.25) is 0 Å². The van der Waals surface area contributed by atoms with E-state index in [1.807, 2.05) is 0 Å². The van der Waals surface area contributed by atoms with E-state index in [4.69, 9.17) is 9.84 Å². The van der Waals surface area contributed by atoms with Crippen molar-refractivity contribution in [2.45, 2.75) is 18.9 Å². The van der Waals surface area contributed by atoms with E-state index < -0.39 is 12.0 Å². The molecule has 6 heteroatoms. The molecule has 0 bridgehead atoms. The van der Waals surface area contributed by atoms with Crippen LogP contribution in [0.5, 0.6) is 0 Å². The van der Waals surface area contributed by atoms with Gasteiger partial charge < -0.3 is 15.2 Å². The summed E-state index contributed by atoms with van der Waals surface area (Å²) >= 11 is 0. The van der Waals surface area contributed by atoms with Crippen LogP contribution < -0.4 is 5.32 Å². The Morgan fingerprint density at radius 3 is 3.06 bits per heavy atom. The number of nitrogens with zero attached hydrogens (tertiary/aromatic N) is 2. The molecular weight excluding hydrogens is 210 g/mol. The first kappa shape index (κ1) is 12.4. The van der Waals surface area contributed by atoms with Crippen LogP contribution in [-0.2, 0) is 9.53 Å². The van der Waals surface area contributed by atoms with Crippen molar-refractivity contribution >= 4 is 11.8 Å². The Balaban J connectivity index is 2.48. The summed E-state index contributed by atoms with van der Waals surface area (Å²) < 4.78 is 4.88. The van der Waals surface area contributed by atoms with Crippen molar-refractivity contribution in [2.24, 2.45) is 0 Å². The molecule has 1 aromatic heterocycles. The second-order valence-electron chi connectivity index (χ2n) is 3.26. The maximum atomic E-state index is 11.0. The van der Waals surface area contributed by atoms with Crippen molar-refractivity contribution in [1.29, 1.82) is 0 Å². The summed E-state index contributed by atoms with van der Waals surface area (Å²) in [7, 11) is 1.59. The molecule has 1 heterocycles. The minimum atomic E-state index is -0.894. The van der Waals surface area contributed by atoms with Crippen molar-refractivity contribution in [2.75, 3.05) is 19.0 Å². The second-order valence-corrected chi connectivity index (χ2v) is 3.26. The van der Waals surface area contributed by atoms with Crippen molar-refractivity contribution in [3.63, 3.8) is 0 Å². The van der Waals surface area contributed by atoms with Gasteiger partial charge in [-0.1, -0.05) is 0 Å². The molecule has 1 unspecified atom stereocenters. The second kappa shape index (κ2) is 6.73. The lowest BCUT2D eigenvalue weighted by Gasteiger charge is -2.14. The first-order valence-corrected chi connectivity index (χ1v) is 4.98. The van der Waals surface area contributed by atoms with E-state index in [2.05, 4.69) is 15.3 Å². The largest absolute Gasteiger partial charge is 0.480 e. The number of aromatic nitrogens is 2. The summed E-state index contributed by atoms with van der Waals surface area (Å²) in [5, 5.41) is 11.8. The number of carboxylic acid groups (broad SMARTS) is 1. The molecule has 6 nitrogen and oxygen atoms in total. The summed E-state index contributed by atoms with van der Waals surface area (Å²) in [6.07, 6.45) is 4.11. The van der Waals surface area contributed by atoms with E-state index in [9.17, 15) is 4.79 Å². The van der Waals surface area contributed by atoms with Crippen molar-refractivity contribution in [3.8, 4) is 0 Å². The Morgan fingerprint density at radius 1 is 1.69 bits per heavy atom. The molecule has 0 saturated heterocycles. The minimum Gasteiger partial charge on any atom is -0.480 e. The maximum absolute atomic E-state index is 11.0. The standard InChI is InChI=1S/C10H15N3O3/c1-16-6-2-3-8(10(14)15)13-9-4-5-11-7-12-9/h4-5,7-8H,2-3,6H2,1H3,(H,14,15)(H,11,12,13). The molecule has 0 aliphatic carbocycles. The summed E-state index contributed by atoms with van der Waals surface area (Å²) in [5.74, 6) is -0.380. The summed E-state index contributed by atoms with van der Waals surface area (Å²) in [6, 6.07) is 0.983. The molecule has 0 saturated carbocycles. The first-order valence-electron chi connectivity index (χ1n) is 4.98. The maximum Gasteiger partial charge on any atom is 0.326 e. The predicted molar refractivity (Wildman–Crippen MR) is 58.2 cm³/mol. The molecular formula is C10H15N3O3. The van der Waals surface area contributed by atoms with E-state index in [0.717, 1.165) is 0 Å². The smallest absolute Gasteiger partial charge is 0.326 e. The third-order valence-electron chi connectivity index (χ3n) is 2.04. The van der Waals surface area contributed by atoms with Gasteiger partial charge in [0.1, 0.15) is 18.2 Å². The lowest BCUT2D eigenvalue weighted by molar-refractivity contribution is -0.138. The molecule has 16 heavy (non-hydrogen) atoms. The minimum absolute atomic E-state index is 0.493. The highest BCUT2D eigenvalue weighted by atomic mass is 16.5. The zero-order valence-corrected chi connectivity index (χ0v) is 9.09. The SMILES string of the molecule is COCCCC(Nc1ccncn1)C(=O)O. The van der Waals surface area contributed by atoms with E-state index in [1.54, 1.807) is 19.4 Å². The molecule has 0 fully saturated rings. The van der Waals surface area contributed by atoms with Crippen LogP contribution in [0.25, 0.3) is 0 Å². The Hall–Kier alpha value is -1.69. The Kier molecular flexibility index (Phi) is 5.21. The van der Waals surface area contributed by atoms with Crippen molar-refractivity contribution < 1.29 is 14.6 Å². The van der Waals surface area contributed by atoms with Crippen LogP contribution in [0.2, 0.25) is 0 Å². The van der Waals surface area contributed by atoms with Gasteiger partial charge in [-0.05, 0) is 18.9 Å². The number of methoxy groups -OCH3 is 1. The van der Waals surface area contributed by atoms with Crippen LogP contribution in [0.4, 0.5) is 5.82 Å². The average molecular weight is 225 g/mol. The molecule has 0 aliphatic rings. The average Bonchev–Trinajstić information content (AvgIpc) is 2.29. The Bertz CT molecular complexity index is 318. The summed E-state index contributed by atoms with van der Waals surface area (Å²) in [6.45, 7) is 0.551. The fraction of sp³-hybridized carbons (Fsp3) is 0.500. The number of carboxylic acids is 1. The van der Waals surface area contributed by atoms with Crippen LogP contribution in [0.3, 0.4) is 0 Å².